The number of hydrogen-bond acceptors (Lipinski definition) is 8. The number of rotatable bonds is 9. The molecule has 1 aromatic rings. The largest absolute Gasteiger partial charge is 0.467 e. The fourth-order valence-electron chi connectivity index (χ4n) is 8.86. The number of ketones is 2. The number of carbonyl (C=O) groups excluding carboxylic acids is 5. The SMILES string of the molecule is COC(=O)C(NC(=O)CCC(=O)OCC(=O)[C@@]1(O)CCC2C3CCC4=CC(=O)CC[C@]4(C)C3CC[C@@]21C)c1ccccc1. The molecule has 0 bridgehead atoms. The Morgan fingerprint density at radius 1 is 0.977 bits per heavy atom. The summed E-state index contributed by atoms with van der Waals surface area (Å²) in [7, 11) is 1.23. The number of amides is 1. The highest BCUT2D eigenvalue weighted by molar-refractivity contribution is 5.92. The number of benzene rings is 1. The van der Waals surface area contributed by atoms with E-state index in [9.17, 15) is 29.1 Å². The molecule has 0 saturated heterocycles. The second kappa shape index (κ2) is 12.0. The molecule has 3 saturated carbocycles. The van der Waals surface area contributed by atoms with Crippen LogP contribution in [-0.4, -0.2) is 53.8 Å². The lowest BCUT2D eigenvalue weighted by Crippen LogP contribution is -2.58. The first-order chi connectivity index (χ1) is 20.4. The predicted octanol–water partition coefficient (Wildman–Crippen LogP) is 4.17. The molecule has 9 heteroatoms. The molecule has 0 heterocycles. The lowest BCUT2D eigenvalue weighted by molar-refractivity contribution is -0.170. The highest BCUT2D eigenvalue weighted by atomic mass is 16.5. The van der Waals surface area contributed by atoms with Gasteiger partial charge in [-0.3, -0.25) is 19.2 Å². The molecule has 0 spiro atoms. The molecule has 1 amide bonds. The summed E-state index contributed by atoms with van der Waals surface area (Å²) in [6.45, 7) is 3.77. The van der Waals surface area contributed by atoms with Gasteiger partial charge < -0.3 is 19.9 Å². The first-order valence-electron chi connectivity index (χ1n) is 15.5. The van der Waals surface area contributed by atoms with Gasteiger partial charge in [0.05, 0.1) is 13.5 Å². The molecule has 0 aromatic heterocycles. The Kier molecular flexibility index (Phi) is 8.67. The minimum atomic E-state index is -1.58. The van der Waals surface area contributed by atoms with E-state index in [1.807, 2.05) is 13.0 Å². The Labute approximate surface area is 252 Å². The predicted molar refractivity (Wildman–Crippen MR) is 156 cm³/mol. The van der Waals surface area contributed by atoms with Gasteiger partial charge in [-0.05, 0) is 79.8 Å². The molecule has 43 heavy (non-hydrogen) atoms. The third-order valence-electron chi connectivity index (χ3n) is 11.4. The average Bonchev–Trinajstić information content (AvgIpc) is 3.29. The summed E-state index contributed by atoms with van der Waals surface area (Å²) in [4.78, 5) is 62.8. The summed E-state index contributed by atoms with van der Waals surface area (Å²) < 4.78 is 10.1. The minimum absolute atomic E-state index is 0.00264. The lowest BCUT2D eigenvalue weighted by Gasteiger charge is -2.58. The van der Waals surface area contributed by atoms with Crippen LogP contribution in [0.4, 0.5) is 0 Å². The van der Waals surface area contributed by atoms with E-state index in [2.05, 4.69) is 12.2 Å². The molecular formula is C34H43NO8. The zero-order valence-electron chi connectivity index (χ0n) is 25.4. The van der Waals surface area contributed by atoms with Crippen molar-refractivity contribution >= 4 is 29.4 Å². The van der Waals surface area contributed by atoms with E-state index >= 15 is 0 Å². The molecule has 5 rings (SSSR count). The van der Waals surface area contributed by atoms with Gasteiger partial charge in [0.2, 0.25) is 11.7 Å². The molecule has 2 N–H and O–H groups in total. The maximum atomic E-state index is 13.5. The molecule has 3 fully saturated rings. The van der Waals surface area contributed by atoms with Crippen molar-refractivity contribution in [2.75, 3.05) is 13.7 Å². The molecule has 4 unspecified atom stereocenters. The van der Waals surface area contributed by atoms with Crippen molar-refractivity contribution in [3.05, 3.63) is 47.5 Å². The second-order valence-electron chi connectivity index (χ2n) is 13.3. The summed E-state index contributed by atoms with van der Waals surface area (Å²) >= 11 is 0. The van der Waals surface area contributed by atoms with Crippen LogP contribution in [0.1, 0.15) is 89.7 Å². The van der Waals surface area contributed by atoms with Crippen LogP contribution in [0, 0.1) is 28.6 Å². The molecule has 232 valence electrons. The number of aliphatic hydroxyl groups is 1. The number of nitrogens with one attached hydrogen (secondary N) is 1. The van der Waals surface area contributed by atoms with Gasteiger partial charge in [-0.1, -0.05) is 49.8 Å². The quantitative estimate of drug-likeness (QED) is 0.407. The number of allylic oxidation sites excluding steroid dienone is 1. The van der Waals surface area contributed by atoms with E-state index in [1.54, 1.807) is 30.3 Å². The molecule has 4 aliphatic rings. The summed E-state index contributed by atoms with van der Waals surface area (Å²) in [5, 5.41) is 14.4. The first kappa shape index (κ1) is 31.1. The van der Waals surface area contributed by atoms with E-state index < -0.39 is 47.3 Å². The number of esters is 2. The van der Waals surface area contributed by atoms with Crippen molar-refractivity contribution < 1.29 is 38.6 Å². The van der Waals surface area contributed by atoms with Gasteiger partial charge in [0.25, 0.3) is 0 Å². The number of fused-ring (bicyclic) bond motifs is 5. The highest BCUT2D eigenvalue weighted by Crippen LogP contribution is 2.67. The van der Waals surface area contributed by atoms with Gasteiger partial charge in [-0.15, -0.1) is 0 Å². The maximum Gasteiger partial charge on any atom is 0.333 e. The second-order valence-corrected chi connectivity index (χ2v) is 13.3. The van der Waals surface area contributed by atoms with Crippen molar-refractivity contribution in [1.82, 2.24) is 5.32 Å². The zero-order valence-corrected chi connectivity index (χ0v) is 25.4. The summed E-state index contributed by atoms with van der Waals surface area (Å²) in [6.07, 6.45) is 7.33. The first-order valence-corrected chi connectivity index (χ1v) is 15.5. The fraction of sp³-hybridized carbons (Fsp3) is 0.618. The minimum Gasteiger partial charge on any atom is -0.467 e. The van der Waals surface area contributed by atoms with Gasteiger partial charge in [0, 0.05) is 18.3 Å². The van der Waals surface area contributed by atoms with Crippen LogP contribution in [0.3, 0.4) is 0 Å². The fourth-order valence-corrected chi connectivity index (χ4v) is 8.86. The molecule has 0 radical (unpaired) electrons. The van der Waals surface area contributed by atoms with Crippen LogP contribution in [0.25, 0.3) is 0 Å². The standard InChI is InChI=1S/C34H43NO8/c1-32-16-13-23(36)19-22(32)9-10-24-25(32)14-17-33(2)26(24)15-18-34(33,41)27(37)20-43-29(39)12-11-28(38)35-30(31(40)42-3)21-7-5-4-6-8-21/h4-8,19,24-26,30,41H,9-18,20H2,1-3H3,(H,35,38)/t24?,25?,26?,30?,32-,33-,34-/m0/s1. The Morgan fingerprint density at radius 3 is 2.42 bits per heavy atom. The van der Waals surface area contributed by atoms with Crippen molar-refractivity contribution in [2.45, 2.75) is 89.7 Å². The van der Waals surface area contributed by atoms with Gasteiger partial charge >= 0.3 is 11.9 Å². The molecule has 9 nitrogen and oxygen atoms in total. The van der Waals surface area contributed by atoms with Crippen LogP contribution in [0.2, 0.25) is 0 Å². The van der Waals surface area contributed by atoms with E-state index in [-0.39, 0.29) is 30.0 Å². The summed E-state index contributed by atoms with van der Waals surface area (Å²) in [5.74, 6) is -1.17. The van der Waals surface area contributed by atoms with Gasteiger partial charge in [-0.2, -0.15) is 0 Å². The van der Waals surface area contributed by atoms with Crippen LogP contribution >= 0.6 is 0 Å². The van der Waals surface area contributed by atoms with E-state index in [4.69, 9.17) is 9.47 Å². The van der Waals surface area contributed by atoms with Crippen molar-refractivity contribution in [3.8, 4) is 0 Å². The van der Waals surface area contributed by atoms with Crippen LogP contribution in [-0.2, 0) is 33.4 Å². The number of ether oxygens (including phenoxy) is 2. The van der Waals surface area contributed by atoms with Gasteiger partial charge in [0.15, 0.2) is 18.4 Å². The molecule has 1 aromatic carbocycles. The van der Waals surface area contributed by atoms with Gasteiger partial charge in [-0.25, -0.2) is 4.79 Å². The third kappa shape index (κ3) is 5.56. The van der Waals surface area contributed by atoms with Crippen LogP contribution in [0.5, 0.6) is 0 Å². The Morgan fingerprint density at radius 2 is 1.70 bits per heavy atom. The van der Waals surface area contributed by atoms with Crippen molar-refractivity contribution in [3.63, 3.8) is 0 Å². The van der Waals surface area contributed by atoms with E-state index in [0.29, 0.717) is 36.7 Å². The number of Topliss-reactive ketones (excluding diaryl/α,β-unsaturated/α-hetero) is 1. The Bertz CT molecular complexity index is 1320. The summed E-state index contributed by atoms with van der Waals surface area (Å²) in [5.41, 5.74) is -0.361. The van der Waals surface area contributed by atoms with Crippen molar-refractivity contribution in [2.24, 2.45) is 28.6 Å². The number of methoxy groups -OCH3 is 1. The Balaban J connectivity index is 1.16. The zero-order chi connectivity index (χ0) is 31.0. The van der Waals surface area contributed by atoms with Crippen LogP contribution in [0.15, 0.2) is 42.0 Å². The normalized spacial score (nSPS) is 33.6. The third-order valence-corrected chi connectivity index (χ3v) is 11.4. The maximum absolute atomic E-state index is 13.5. The van der Waals surface area contributed by atoms with E-state index in [0.717, 1.165) is 32.1 Å². The molecule has 7 atom stereocenters. The van der Waals surface area contributed by atoms with Gasteiger partial charge in [0.1, 0.15) is 5.60 Å². The number of carbonyl (C=O) groups is 5. The van der Waals surface area contributed by atoms with E-state index in [1.165, 1.54) is 12.7 Å². The Hall–Kier alpha value is -3.33. The number of hydrogen-bond donors (Lipinski definition) is 2. The molecular weight excluding hydrogens is 550 g/mol. The summed E-state index contributed by atoms with van der Waals surface area (Å²) in [6, 6.07) is 7.63. The highest BCUT2D eigenvalue weighted by Gasteiger charge is 2.66. The average molecular weight is 594 g/mol. The lowest BCUT2D eigenvalue weighted by atomic mass is 9.46. The molecule has 4 aliphatic carbocycles. The topological polar surface area (TPSA) is 136 Å². The monoisotopic (exact) mass is 593 g/mol. The van der Waals surface area contributed by atoms with Crippen LogP contribution < -0.4 is 5.32 Å². The smallest absolute Gasteiger partial charge is 0.333 e. The van der Waals surface area contributed by atoms with Crippen molar-refractivity contribution in [1.29, 1.82) is 0 Å². The molecule has 0 aliphatic heterocycles.